The lowest BCUT2D eigenvalue weighted by Gasteiger charge is -2.29. The molecule has 0 radical (unpaired) electrons. The number of benzene rings is 2. The number of fused-ring (bicyclic) bond motifs is 2. The molecule has 3 aromatic heterocycles. The van der Waals surface area contributed by atoms with Crippen molar-refractivity contribution in [2.24, 2.45) is 0 Å². The van der Waals surface area contributed by atoms with Crippen LogP contribution in [0.25, 0.3) is 32.0 Å². The first-order chi connectivity index (χ1) is 23.2. The van der Waals surface area contributed by atoms with Crippen molar-refractivity contribution < 1.29 is 19.1 Å². The van der Waals surface area contributed by atoms with Gasteiger partial charge in [0, 0.05) is 68.4 Å². The molecule has 7 rings (SSSR count). The zero-order chi connectivity index (χ0) is 33.4. The minimum Gasteiger partial charge on any atom is -0.494 e. The third-order valence-corrected chi connectivity index (χ3v) is 9.70. The number of carbonyl (C=O) groups is 3. The van der Waals surface area contributed by atoms with E-state index in [2.05, 4.69) is 34.7 Å². The van der Waals surface area contributed by atoms with Gasteiger partial charge in [0.2, 0.25) is 11.8 Å². The number of thiazole rings is 1. The number of imide groups is 1. The van der Waals surface area contributed by atoms with Gasteiger partial charge in [0.05, 0.1) is 22.5 Å². The summed E-state index contributed by atoms with van der Waals surface area (Å²) in [5.41, 5.74) is 7.34. The van der Waals surface area contributed by atoms with E-state index < -0.39 is 11.9 Å². The number of ether oxygens (including phenoxy) is 1. The molecular formula is C36H35N7O4S. The van der Waals surface area contributed by atoms with E-state index in [0.717, 1.165) is 67.6 Å². The van der Waals surface area contributed by atoms with Crippen LogP contribution >= 0.6 is 11.3 Å². The fourth-order valence-corrected chi connectivity index (χ4v) is 7.11. The first-order valence-electron chi connectivity index (χ1n) is 15.9. The summed E-state index contributed by atoms with van der Waals surface area (Å²) in [6.45, 7) is 3.63. The molecule has 2 aromatic carbocycles. The molecule has 0 saturated carbocycles. The molecule has 0 aliphatic carbocycles. The summed E-state index contributed by atoms with van der Waals surface area (Å²) in [6.07, 6.45) is 5.10. The molecule has 48 heavy (non-hydrogen) atoms. The van der Waals surface area contributed by atoms with Crippen LogP contribution in [0.3, 0.4) is 0 Å². The van der Waals surface area contributed by atoms with E-state index in [-0.39, 0.29) is 18.2 Å². The average Bonchev–Trinajstić information content (AvgIpc) is 3.64. The van der Waals surface area contributed by atoms with E-state index in [1.807, 2.05) is 61.7 Å². The average molecular weight is 662 g/mol. The Kier molecular flexibility index (Phi) is 8.49. The zero-order valence-corrected chi connectivity index (χ0v) is 27.8. The Morgan fingerprint density at radius 1 is 1.02 bits per heavy atom. The second-order valence-electron chi connectivity index (χ2n) is 12.2. The minimum atomic E-state index is -0.628. The number of rotatable bonds is 10. The summed E-state index contributed by atoms with van der Waals surface area (Å²) in [5.74, 6) is 0.688. The van der Waals surface area contributed by atoms with Gasteiger partial charge in [-0.15, -0.1) is 11.3 Å². The summed E-state index contributed by atoms with van der Waals surface area (Å²) in [4.78, 5) is 54.4. The smallest absolute Gasteiger partial charge is 0.255 e. The molecule has 0 bridgehead atoms. The Bertz CT molecular complexity index is 2040. The largest absolute Gasteiger partial charge is 0.494 e. The van der Waals surface area contributed by atoms with E-state index in [0.29, 0.717) is 30.9 Å². The van der Waals surface area contributed by atoms with Crippen LogP contribution in [0.1, 0.15) is 40.7 Å². The molecule has 1 atom stereocenters. The number of nitrogens with zero attached hydrogens (tertiary/aromatic N) is 5. The predicted molar refractivity (Wildman–Crippen MR) is 186 cm³/mol. The molecule has 1 fully saturated rings. The minimum absolute atomic E-state index is 0.190. The fourth-order valence-electron chi connectivity index (χ4n) is 6.03. The van der Waals surface area contributed by atoms with E-state index in [1.54, 1.807) is 28.4 Å². The van der Waals surface area contributed by atoms with Crippen LogP contribution in [0, 0.1) is 6.92 Å². The van der Waals surface area contributed by atoms with Crippen molar-refractivity contribution in [3.63, 3.8) is 0 Å². The van der Waals surface area contributed by atoms with Crippen molar-refractivity contribution in [3.05, 3.63) is 83.7 Å². The van der Waals surface area contributed by atoms with Gasteiger partial charge < -0.3 is 19.9 Å². The second kappa shape index (κ2) is 13.0. The highest BCUT2D eigenvalue weighted by Gasteiger charge is 2.39. The number of nitrogens with one attached hydrogen (secondary N) is 2. The van der Waals surface area contributed by atoms with Crippen molar-refractivity contribution in [3.8, 4) is 27.6 Å². The van der Waals surface area contributed by atoms with Crippen LogP contribution in [0.4, 0.5) is 11.5 Å². The number of hydrogen-bond donors (Lipinski definition) is 2. The van der Waals surface area contributed by atoms with Gasteiger partial charge in [-0.05, 0) is 85.5 Å². The van der Waals surface area contributed by atoms with Gasteiger partial charge >= 0.3 is 0 Å². The van der Waals surface area contributed by atoms with Gasteiger partial charge in [0.1, 0.15) is 22.6 Å². The number of amides is 3. The van der Waals surface area contributed by atoms with Gasteiger partial charge in [-0.25, -0.2) is 9.97 Å². The number of pyridine rings is 2. The maximum absolute atomic E-state index is 12.9. The van der Waals surface area contributed by atoms with Crippen LogP contribution in [0.5, 0.6) is 5.75 Å². The molecule has 1 unspecified atom stereocenters. The quantitative estimate of drug-likeness (QED) is 0.149. The molecule has 3 amide bonds. The predicted octanol–water partition coefficient (Wildman–Crippen LogP) is 5.44. The molecule has 244 valence electrons. The lowest BCUT2D eigenvalue weighted by atomic mass is 10.0. The molecule has 1 saturated heterocycles. The van der Waals surface area contributed by atoms with E-state index in [9.17, 15) is 14.4 Å². The molecule has 2 N–H and O–H groups in total. The molecule has 5 aromatic rings. The number of anilines is 2. The molecule has 12 heteroatoms. The van der Waals surface area contributed by atoms with E-state index in [1.165, 1.54) is 0 Å². The summed E-state index contributed by atoms with van der Waals surface area (Å²) in [7, 11) is 3.94. The second-order valence-corrected chi connectivity index (χ2v) is 13.3. The van der Waals surface area contributed by atoms with Gasteiger partial charge in [-0.1, -0.05) is 0 Å². The highest BCUT2D eigenvalue weighted by Crippen LogP contribution is 2.35. The highest BCUT2D eigenvalue weighted by atomic mass is 32.1. The number of aromatic nitrogens is 3. The van der Waals surface area contributed by atoms with Crippen molar-refractivity contribution >= 4 is 50.8 Å². The van der Waals surface area contributed by atoms with Gasteiger partial charge in [-0.3, -0.25) is 24.7 Å². The van der Waals surface area contributed by atoms with Gasteiger partial charge in [0.15, 0.2) is 0 Å². The number of aryl methyl sites for hydroxylation is 1. The van der Waals surface area contributed by atoms with Crippen LogP contribution < -0.4 is 20.3 Å². The van der Waals surface area contributed by atoms with Crippen LogP contribution in [-0.2, 0) is 16.1 Å². The van der Waals surface area contributed by atoms with Crippen molar-refractivity contribution in [1.82, 2.24) is 25.2 Å². The summed E-state index contributed by atoms with van der Waals surface area (Å²) in [6, 6.07) is 17.1. The zero-order valence-electron chi connectivity index (χ0n) is 26.9. The molecule has 2 aliphatic heterocycles. The molecular weight excluding hydrogens is 627 g/mol. The van der Waals surface area contributed by atoms with E-state index >= 15 is 0 Å². The first kappa shape index (κ1) is 31.3. The summed E-state index contributed by atoms with van der Waals surface area (Å²) in [5, 5.41) is 6.75. The standard InChI is InChI=1S/C36H35N7O4S/c1-21-15-29(22-5-11-32(39-18-22)42(2)3)38-19-27(21)35-40-28-9-6-24(17-31(28)48-35)37-13-4-14-47-25-7-8-26-23(16-25)20-43(36(26)46)30-10-12-33(44)41-34(30)45/h5-9,11,15-19,30,37H,4,10,12-14,20H2,1-3H3,(H,41,44,45). The Hall–Kier alpha value is -5.36. The SMILES string of the molecule is Cc1cc(-c2ccc(N(C)C)nc2)ncc1-c1nc2ccc(NCCCOc3ccc4c(c3)CN(C3CCC(=O)NC3=O)C4=O)cc2s1. The van der Waals surface area contributed by atoms with Gasteiger partial charge in [-0.2, -0.15) is 0 Å². The Labute approximate surface area is 282 Å². The molecule has 5 heterocycles. The topological polar surface area (TPSA) is 130 Å². The highest BCUT2D eigenvalue weighted by molar-refractivity contribution is 7.21. The molecule has 2 aliphatic rings. The first-order valence-corrected chi connectivity index (χ1v) is 16.7. The molecule has 11 nitrogen and oxygen atoms in total. The number of piperidine rings is 1. The third kappa shape index (κ3) is 6.30. The summed E-state index contributed by atoms with van der Waals surface area (Å²) < 4.78 is 7.09. The monoisotopic (exact) mass is 661 g/mol. The lowest BCUT2D eigenvalue weighted by molar-refractivity contribution is -0.136. The van der Waals surface area contributed by atoms with Crippen molar-refractivity contribution in [2.45, 2.75) is 38.8 Å². The summed E-state index contributed by atoms with van der Waals surface area (Å²) >= 11 is 1.65. The lowest BCUT2D eigenvalue weighted by Crippen LogP contribution is -2.52. The third-order valence-electron chi connectivity index (χ3n) is 8.65. The Morgan fingerprint density at radius 3 is 2.67 bits per heavy atom. The Balaban J connectivity index is 0.925. The van der Waals surface area contributed by atoms with E-state index in [4.69, 9.17) is 14.7 Å². The van der Waals surface area contributed by atoms with Gasteiger partial charge in [0.25, 0.3) is 5.91 Å². The number of hydrogen-bond acceptors (Lipinski definition) is 10. The molecule has 0 spiro atoms. The number of carbonyl (C=O) groups excluding carboxylic acids is 3. The Morgan fingerprint density at radius 2 is 1.90 bits per heavy atom. The normalized spacial score (nSPS) is 15.9. The van der Waals surface area contributed by atoms with Crippen LogP contribution in [0.15, 0.2) is 67.0 Å². The van der Waals surface area contributed by atoms with Crippen LogP contribution in [0.2, 0.25) is 0 Å². The van der Waals surface area contributed by atoms with Crippen LogP contribution in [-0.4, -0.2) is 70.9 Å². The van der Waals surface area contributed by atoms with Crippen molar-refractivity contribution in [1.29, 1.82) is 0 Å². The maximum Gasteiger partial charge on any atom is 0.255 e. The fraction of sp³-hybridized carbons (Fsp3) is 0.278. The van der Waals surface area contributed by atoms with Crippen molar-refractivity contribution in [2.75, 3.05) is 37.5 Å². The maximum atomic E-state index is 12.9.